The Balaban J connectivity index is 1.94. The van der Waals surface area contributed by atoms with Crippen molar-refractivity contribution in [1.82, 2.24) is 4.90 Å². The fourth-order valence-corrected chi connectivity index (χ4v) is 2.81. The molecule has 0 unspecified atom stereocenters. The van der Waals surface area contributed by atoms with E-state index in [4.69, 9.17) is 4.42 Å². The normalized spacial score (nSPS) is 11.7. The van der Waals surface area contributed by atoms with Gasteiger partial charge in [-0.1, -0.05) is 6.07 Å². The van der Waals surface area contributed by atoms with Crippen LogP contribution in [0.1, 0.15) is 11.5 Å². The maximum absolute atomic E-state index is 12.0. The highest BCUT2D eigenvalue weighted by Crippen LogP contribution is 2.15. The molecule has 0 saturated carbocycles. The number of carbonyl (C=O) groups excluding carboxylic acids is 1. The number of nitrogens with zero attached hydrogens (tertiary/aromatic N) is 1. The van der Waals surface area contributed by atoms with Gasteiger partial charge in [-0.3, -0.25) is 9.69 Å². The summed E-state index contributed by atoms with van der Waals surface area (Å²) < 4.78 is 28.5. The zero-order chi connectivity index (χ0) is 17.0. The number of furan rings is 1. The van der Waals surface area contributed by atoms with Crippen molar-refractivity contribution < 1.29 is 17.6 Å². The number of nitrogens with one attached hydrogen (secondary N) is 1. The smallest absolute Gasteiger partial charge is 0.238 e. The Kier molecular flexibility index (Phi) is 5.23. The highest BCUT2D eigenvalue weighted by molar-refractivity contribution is 7.90. The molecule has 0 aliphatic carbocycles. The topological polar surface area (TPSA) is 79.6 Å². The van der Waals surface area contributed by atoms with Crippen LogP contribution in [-0.2, 0) is 21.2 Å². The van der Waals surface area contributed by atoms with Gasteiger partial charge in [0.25, 0.3) is 0 Å². The van der Waals surface area contributed by atoms with Crippen molar-refractivity contribution in [2.75, 3.05) is 25.2 Å². The van der Waals surface area contributed by atoms with Crippen LogP contribution in [0.4, 0.5) is 5.69 Å². The minimum atomic E-state index is -3.30. The fourth-order valence-electron chi connectivity index (χ4n) is 2.14. The van der Waals surface area contributed by atoms with Crippen molar-refractivity contribution >= 4 is 21.4 Å². The zero-order valence-electron chi connectivity index (χ0n) is 13.4. The van der Waals surface area contributed by atoms with E-state index in [1.165, 1.54) is 12.1 Å². The summed E-state index contributed by atoms with van der Waals surface area (Å²) in [6.07, 6.45) is 1.13. The van der Waals surface area contributed by atoms with Crippen LogP contribution >= 0.6 is 0 Å². The summed E-state index contributed by atoms with van der Waals surface area (Å²) >= 11 is 0. The number of anilines is 1. The molecule has 0 atom stereocenters. The Labute approximate surface area is 136 Å². The molecule has 1 aromatic carbocycles. The van der Waals surface area contributed by atoms with E-state index in [-0.39, 0.29) is 17.3 Å². The minimum Gasteiger partial charge on any atom is -0.465 e. The van der Waals surface area contributed by atoms with Gasteiger partial charge < -0.3 is 9.73 Å². The molecule has 124 valence electrons. The molecule has 1 heterocycles. The molecule has 0 aliphatic heterocycles. The maximum atomic E-state index is 12.0. The number of amides is 1. The Morgan fingerprint density at radius 2 is 2.00 bits per heavy atom. The quantitative estimate of drug-likeness (QED) is 0.873. The van der Waals surface area contributed by atoms with Gasteiger partial charge in [-0.15, -0.1) is 0 Å². The third-order valence-electron chi connectivity index (χ3n) is 3.18. The third kappa shape index (κ3) is 5.22. The average molecular weight is 336 g/mol. The van der Waals surface area contributed by atoms with Crippen molar-refractivity contribution in [3.63, 3.8) is 0 Å². The van der Waals surface area contributed by atoms with Crippen molar-refractivity contribution in [3.8, 4) is 0 Å². The van der Waals surface area contributed by atoms with Gasteiger partial charge in [0.1, 0.15) is 11.5 Å². The third-order valence-corrected chi connectivity index (χ3v) is 4.29. The summed E-state index contributed by atoms with van der Waals surface area (Å²) in [6, 6.07) is 9.95. The second kappa shape index (κ2) is 6.97. The minimum absolute atomic E-state index is 0.169. The molecular formula is C16H20N2O4S. The molecule has 0 saturated heterocycles. The van der Waals surface area contributed by atoms with Crippen LogP contribution < -0.4 is 5.32 Å². The lowest BCUT2D eigenvalue weighted by molar-refractivity contribution is -0.117. The van der Waals surface area contributed by atoms with Crippen molar-refractivity contribution in [1.29, 1.82) is 0 Å². The van der Waals surface area contributed by atoms with E-state index < -0.39 is 9.84 Å². The maximum Gasteiger partial charge on any atom is 0.238 e. The lowest BCUT2D eigenvalue weighted by atomic mass is 10.3. The van der Waals surface area contributed by atoms with Crippen molar-refractivity contribution in [2.45, 2.75) is 18.4 Å². The Morgan fingerprint density at radius 3 is 2.61 bits per heavy atom. The Morgan fingerprint density at radius 1 is 1.26 bits per heavy atom. The molecule has 2 aromatic rings. The predicted molar refractivity (Wildman–Crippen MR) is 88.0 cm³/mol. The molecule has 1 N–H and O–H groups in total. The van der Waals surface area contributed by atoms with Crippen molar-refractivity contribution in [3.05, 3.63) is 47.9 Å². The number of rotatable bonds is 6. The first-order valence-electron chi connectivity index (χ1n) is 7.08. The van der Waals surface area contributed by atoms with Crippen LogP contribution in [0.5, 0.6) is 0 Å². The highest BCUT2D eigenvalue weighted by atomic mass is 32.2. The van der Waals surface area contributed by atoms with Crippen LogP contribution in [-0.4, -0.2) is 39.1 Å². The molecule has 2 rings (SSSR count). The van der Waals surface area contributed by atoms with E-state index >= 15 is 0 Å². The predicted octanol–water partition coefficient (Wildman–Crippen LogP) is 2.06. The van der Waals surface area contributed by atoms with Crippen LogP contribution in [0, 0.1) is 6.92 Å². The standard InChI is InChI=1S/C16H20N2O4S/c1-12-7-8-14(22-12)10-18(2)11-16(19)17-13-5-4-6-15(9-13)23(3,20)21/h4-9H,10-11H2,1-3H3,(H,17,19). The molecular weight excluding hydrogens is 316 g/mol. The van der Waals surface area contributed by atoms with Gasteiger partial charge in [0.05, 0.1) is 18.0 Å². The van der Waals surface area contributed by atoms with E-state index in [2.05, 4.69) is 5.32 Å². The molecule has 0 aliphatic rings. The molecule has 23 heavy (non-hydrogen) atoms. The van der Waals surface area contributed by atoms with Gasteiger partial charge >= 0.3 is 0 Å². The number of carbonyl (C=O) groups is 1. The summed E-state index contributed by atoms with van der Waals surface area (Å²) in [4.78, 5) is 14.0. The van der Waals surface area contributed by atoms with Crippen LogP contribution in [0.2, 0.25) is 0 Å². The second-order valence-electron chi connectivity index (χ2n) is 5.53. The monoisotopic (exact) mass is 336 g/mol. The molecule has 0 radical (unpaired) electrons. The lowest BCUT2D eigenvalue weighted by Crippen LogP contribution is -2.29. The van der Waals surface area contributed by atoms with E-state index in [9.17, 15) is 13.2 Å². The summed E-state index contributed by atoms with van der Waals surface area (Å²) in [5.41, 5.74) is 0.458. The van der Waals surface area contributed by atoms with Gasteiger partial charge in [0, 0.05) is 11.9 Å². The molecule has 0 bridgehead atoms. The molecule has 0 spiro atoms. The van der Waals surface area contributed by atoms with Crippen LogP contribution in [0.25, 0.3) is 0 Å². The van der Waals surface area contributed by atoms with Gasteiger partial charge in [0.2, 0.25) is 5.91 Å². The number of benzene rings is 1. The summed E-state index contributed by atoms with van der Waals surface area (Å²) in [5.74, 6) is 1.40. The molecule has 6 nitrogen and oxygen atoms in total. The first-order valence-corrected chi connectivity index (χ1v) is 8.97. The van der Waals surface area contributed by atoms with Gasteiger partial charge in [-0.25, -0.2) is 8.42 Å². The highest BCUT2D eigenvalue weighted by Gasteiger charge is 2.11. The SMILES string of the molecule is Cc1ccc(CN(C)CC(=O)Nc2cccc(S(C)(=O)=O)c2)o1. The van der Waals surface area contributed by atoms with Crippen LogP contribution in [0.3, 0.4) is 0 Å². The average Bonchev–Trinajstić information content (AvgIpc) is 2.83. The van der Waals surface area contributed by atoms with Crippen LogP contribution in [0.15, 0.2) is 45.7 Å². The van der Waals surface area contributed by atoms with E-state index in [1.54, 1.807) is 12.1 Å². The lowest BCUT2D eigenvalue weighted by Gasteiger charge is -2.15. The number of sulfone groups is 1. The summed E-state index contributed by atoms with van der Waals surface area (Å²) in [7, 11) is -1.49. The van der Waals surface area contributed by atoms with Gasteiger partial charge in [0.15, 0.2) is 9.84 Å². The number of likely N-dealkylation sites (N-methyl/N-ethyl adjacent to an activating group) is 1. The Bertz CT molecular complexity index is 796. The fraction of sp³-hybridized carbons (Fsp3) is 0.312. The zero-order valence-corrected chi connectivity index (χ0v) is 14.2. The molecule has 1 amide bonds. The number of hydrogen-bond acceptors (Lipinski definition) is 5. The summed E-state index contributed by atoms with van der Waals surface area (Å²) in [6.45, 7) is 2.55. The van der Waals surface area contributed by atoms with E-state index in [0.29, 0.717) is 12.2 Å². The molecule has 1 aromatic heterocycles. The molecule has 0 fully saturated rings. The number of aryl methyl sites for hydroxylation is 1. The van der Waals surface area contributed by atoms with E-state index in [1.807, 2.05) is 31.0 Å². The summed E-state index contributed by atoms with van der Waals surface area (Å²) in [5, 5.41) is 2.70. The van der Waals surface area contributed by atoms with E-state index in [0.717, 1.165) is 17.8 Å². The van der Waals surface area contributed by atoms with Gasteiger partial charge in [-0.2, -0.15) is 0 Å². The van der Waals surface area contributed by atoms with Crippen molar-refractivity contribution in [2.24, 2.45) is 0 Å². The first-order chi connectivity index (χ1) is 10.7. The largest absolute Gasteiger partial charge is 0.465 e. The number of hydrogen-bond donors (Lipinski definition) is 1. The first kappa shape index (κ1) is 17.2. The molecule has 7 heteroatoms. The second-order valence-corrected chi connectivity index (χ2v) is 7.55. The van der Waals surface area contributed by atoms with Gasteiger partial charge in [-0.05, 0) is 44.3 Å². The Hall–Kier alpha value is -2.12.